The molecule has 0 aliphatic heterocycles. The summed E-state index contributed by atoms with van der Waals surface area (Å²) >= 11 is 0. The second-order valence-corrected chi connectivity index (χ2v) is 6.48. The lowest BCUT2D eigenvalue weighted by Crippen LogP contribution is -2.37. The Morgan fingerprint density at radius 1 is 1.00 bits per heavy atom. The molecular weight excluding hydrogens is 414 g/mol. The van der Waals surface area contributed by atoms with Crippen molar-refractivity contribution in [1.82, 2.24) is 10.7 Å². The van der Waals surface area contributed by atoms with Crippen molar-refractivity contribution in [3.8, 4) is 5.75 Å². The smallest absolute Gasteiger partial charge is 0.337 e. The molecule has 9 heteroatoms. The van der Waals surface area contributed by atoms with Gasteiger partial charge in [-0.15, -0.1) is 0 Å². The summed E-state index contributed by atoms with van der Waals surface area (Å²) < 4.78 is 15.6. The van der Waals surface area contributed by atoms with Crippen molar-refractivity contribution in [3.63, 3.8) is 0 Å². The number of hydrogen-bond acceptors (Lipinski definition) is 7. The van der Waals surface area contributed by atoms with Crippen LogP contribution in [0.25, 0.3) is 0 Å². The highest BCUT2D eigenvalue weighted by molar-refractivity contribution is 6.35. The summed E-state index contributed by atoms with van der Waals surface area (Å²) in [5.74, 6) is -1.09. The lowest BCUT2D eigenvalue weighted by atomic mass is 10.1. The zero-order valence-electron chi connectivity index (χ0n) is 17.2. The molecule has 0 bridgehead atoms. The number of ether oxygens (including phenoxy) is 2. The lowest BCUT2D eigenvalue weighted by molar-refractivity contribution is -0.139. The molecule has 0 saturated heterocycles. The first-order valence-corrected chi connectivity index (χ1v) is 9.59. The van der Waals surface area contributed by atoms with Gasteiger partial charge in [0.05, 0.1) is 31.7 Å². The fourth-order valence-electron chi connectivity index (χ4n) is 2.61. The number of nitrogens with one attached hydrogen (secondary N) is 2. The van der Waals surface area contributed by atoms with Gasteiger partial charge >= 0.3 is 17.8 Å². The number of hydrazone groups is 1. The molecule has 32 heavy (non-hydrogen) atoms. The van der Waals surface area contributed by atoms with Crippen molar-refractivity contribution in [3.05, 3.63) is 89.4 Å². The second kappa shape index (κ2) is 11.1. The molecule has 3 rings (SSSR count). The van der Waals surface area contributed by atoms with Crippen LogP contribution in [-0.2, 0) is 27.5 Å². The third kappa shape index (κ3) is 6.30. The Morgan fingerprint density at radius 2 is 1.78 bits per heavy atom. The van der Waals surface area contributed by atoms with Gasteiger partial charge in [-0.2, -0.15) is 5.10 Å². The molecule has 0 fully saturated rings. The molecule has 2 aromatic carbocycles. The first-order chi connectivity index (χ1) is 15.6. The van der Waals surface area contributed by atoms with Gasteiger partial charge in [-0.1, -0.05) is 24.3 Å². The van der Waals surface area contributed by atoms with Crippen LogP contribution in [0.15, 0.2) is 76.4 Å². The maximum atomic E-state index is 11.9. The Hall–Kier alpha value is -4.40. The number of hydrogen-bond donors (Lipinski definition) is 2. The van der Waals surface area contributed by atoms with Crippen LogP contribution in [-0.4, -0.2) is 31.1 Å². The number of methoxy groups -OCH3 is 1. The molecule has 9 nitrogen and oxygen atoms in total. The minimum atomic E-state index is -0.906. The number of benzene rings is 2. The Balaban J connectivity index is 1.53. The van der Waals surface area contributed by atoms with Gasteiger partial charge in [0.25, 0.3) is 0 Å². The fourth-order valence-corrected chi connectivity index (χ4v) is 2.61. The average molecular weight is 435 g/mol. The monoisotopic (exact) mass is 435 g/mol. The third-order valence-electron chi connectivity index (χ3n) is 4.27. The summed E-state index contributed by atoms with van der Waals surface area (Å²) in [6.07, 6.45) is 2.86. The van der Waals surface area contributed by atoms with Crippen LogP contribution in [0.1, 0.15) is 27.2 Å². The lowest BCUT2D eigenvalue weighted by Gasteiger charge is -2.09. The topological polar surface area (TPSA) is 119 Å². The van der Waals surface area contributed by atoms with E-state index in [0.717, 1.165) is 5.56 Å². The van der Waals surface area contributed by atoms with E-state index in [-0.39, 0.29) is 13.2 Å². The number of furan rings is 1. The molecular formula is C23H21N3O6. The first-order valence-electron chi connectivity index (χ1n) is 9.59. The molecule has 0 spiro atoms. The summed E-state index contributed by atoms with van der Waals surface area (Å²) in [5, 5.41) is 6.25. The SMILES string of the molecule is COC(=O)c1ccc(COc2ccccc2/C=N/NC(=O)C(=O)NCc2ccco2)cc1. The van der Waals surface area contributed by atoms with E-state index in [9.17, 15) is 14.4 Å². The molecule has 0 aliphatic carbocycles. The summed E-state index contributed by atoms with van der Waals surface area (Å²) in [7, 11) is 1.33. The number of para-hydroxylation sites is 1. The Morgan fingerprint density at radius 3 is 2.50 bits per heavy atom. The molecule has 0 saturated carbocycles. The molecule has 3 aromatic rings. The highest BCUT2D eigenvalue weighted by Gasteiger charge is 2.12. The molecule has 0 atom stereocenters. The molecule has 1 heterocycles. The number of carbonyl (C=O) groups is 3. The number of carbonyl (C=O) groups excluding carboxylic acids is 3. The van der Waals surface area contributed by atoms with Gasteiger partial charge in [-0.3, -0.25) is 9.59 Å². The molecule has 0 radical (unpaired) electrons. The van der Waals surface area contributed by atoms with Gasteiger partial charge in [0.2, 0.25) is 0 Å². The van der Waals surface area contributed by atoms with Gasteiger partial charge in [0.15, 0.2) is 0 Å². The molecule has 2 amide bonds. The predicted octanol–water partition coefficient (Wildman–Crippen LogP) is 2.41. The maximum absolute atomic E-state index is 11.9. The molecule has 2 N–H and O–H groups in total. The van der Waals surface area contributed by atoms with Crippen molar-refractivity contribution in [2.24, 2.45) is 5.10 Å². The van der Waals surface area contributed by atoms with Crippen molar-refractivity contribution in [2.45, 2.75) is 13.2 Å². The molecule has 164 valence electrons. The van der Waals surface area contributed by atoms with Crippen molar-refractivity contribution in [1.29, 1.82) is 0 Å². The van der Waals surface area contributed by atoms with E-state index >= 15 is 0 Å². The van der Waals surface area contributed by atoms with Crippen LogP contribution in [0.3, 0.4) is 0 Å². The largest absolute Gasteiger partial charge is 0.488 e. The summed E-state index contributed by atoms with van der Waals surface area (Å²) in [5.41, 5.74) is 4.08. The average Bonchev–Trinajstić information content (AvgIpc) is 3.35. The van der Waals surface area contributed by atoms with Crippen LogP contribution < -0.4 is 15.5 Å². The van der Waals surface area contributed by atoms with E-state index in [1.165, 1.54) is 19.6 Å². The zero-order chi connectivity index (χ0) is 22.8. The zero-order valence-corrected chi connectivity index (χ0v) is 17.2. The minimum absolute atomic E-state index is 0.0975. The van der Waals surface area contributed by atoms with Gasteiger partial charge in [0, 0.05) is 5.56 Å². The third-order valence-corrected chi connectivity index (χ3v) is 4.27. The van der Waals surface area contributed by atoms with Crippen LogP contribution in [0.4, 0.5) is 0 Å². The van der Waals surface area contributed by atoms with Gasteiger partial charge in [-0.25, -0.2) is 10.2 Å². The van der Waals surface area contributed by atoms with Crippen molar-refractivity contribution < 1.29 is 28.3 Å². The summed E-state index contributed by atoms with van der Waals surface area (Å²) in [4.78, 5) is 35.2. The number of nitrogens with zero attached hydrogens (tertiary/aromatic N) is 1. The summed E-state index contributed by atoms with van der Waals surface area (Å²) in [6, 6.07) is 17.3. The Labute approximate surface area is 184 Å². The van der Waals surface area contributed by atoms with Crippen LogP contribution in [0.5, 0.6) is 5.75 Å². The first kappa shape index (κ1) is 22.3. The minimum Gasteiger partial charge on any atom is -0.488 e. The Kier molecular flexibility index (Phi) is 7.74. The number of esters is 1. The highest BCUT2D eigenvalue weighted by atomic mass is 16.5. The van der Waals surface area contributed by atoms with Gasteiger partial charge < -0.3 is 19.2 Å². The standard InChI is InChI=1S/C23H21N3O6/c1-30-23(29)17-10-8-16(9-11-17)15-32-20-7-3-2-5-18(20)13-25-26-22(28)21(27)24-14-19-6-4-12-31-19/h2-13H,14-15H2,1H3,(H,24,27)(H,26,28)/b25-13+. The number of amides is 2. The van der Waals surface area contributed by atoms with E-state index in [1.807, 2.05) is 0 Å². The predicted molar refractivity (Wildman–Crippen MR) is 115 cm³/mol. The quantitative estimate of drug-likeness (QED) is 0.243. The maximum Gasteiger partial charge on any atom is 0.337 e. The van der Waals surface area contributed by atoms with E-state index in [4.69, 9.17) is 9.15 Å². The fraction of sp³-hybridized carbons (Fsp3) is 0.130. The number of rotatable bonds is 8. The molecule has 0 unspecified atom stereocenters. The normalized spacial score (nSPS) is 10.5. The Bertz CT molecular complexity index is 1090. The van der Waals surface area contributed by atoms with E-state index in [1.54, 1.807) is 60.7 Å². The van der Waals surface area contributed by atoms with Crippen LogP contribution >= 0.6 is 0 Å². The van der Waals surface area contributed by atoms with Crippen LogP contribution in [0.2, 0.25) is 0 Å². The van der Waals surface area contributed by atoms with E-state index < -0.39 is 17.8 Å². The van der Waals surface area contributed by atoms with Crippen molar-refractivity contribution in [2.75, 3.05) is 7.11 Å². The van der Waals surface area contributed by atoms with E-state index in [0.29, 0.717) is 22.6 Å². The van der Waals surface area contributed by atoms with Gasteiger partial charge in [-0.05, 0) is 42.0 Å². The van der Waals surface area contributed by atoms with Crippen LogP contribution in [0, 0.1) is 0 Å². The summed E-state index contributed by atoms with van der Waals surface area (Å²) in [6.45, 7) is 0.355. The second-order valence-electron chi connectivity index (χ2n) is 6.48. The van der Waals surface area contributed by atoms with Gasteiger partial charge in [0.1, 0.15) is 18.1 Å². The highest BCUT2D eigenvalue weighted by Crippen LogP contribution is 2.18. The van der Waals surface area contributed by atoms with E-state index in [2.05, 4.69) is 20.6 Å². The molecule has 0 aliphatic rings. The van der Waals surface area contributed by atoms with Crippen molar-refractivity contribution >= 4 is 24.0 Å². The molecule has 1 aromatic heterocycles.